The van der Waals surface area contributed by atoms with E-state index in [-0.39, 0.29) is 6.10 Å². The molecule has 0 saturated heterocycles. The van der Waals surface area contributed by atoms with E-state index < -0.39 is 0 Å². The minimum Gasteiger partial charge on any atom is -0.389 e. The number of aliphatic hydroxyl groups excluding tert-OH is 1. The second-order valence-electron chi connectivity index (χ2n) is 4.74. The van der Waals surface area contributed by atoms with Crippen LogP contribution in [0.1, 0.15) is 19.3 Å². The molecule has 4 heteroatoms. The maximum absolute atomic E-state index is 9.72. The van der Waals surface area contributed by atoms with Gasteiger partial charge >= 0.3 is 0 Å². The lowest BCUT2D eigenvalue weighted by molar-refractivity contribution is -0.000293. The van der Waals surface area contributed by atoms with E-state index in [1.807, 2.05) is 0 Å². The maximum Gasteiger partial charge on any atom is 0.0900 e. The first-order valence-corrected chi connectivity index (χ1v) is 6.15. The lowest BCUT2D eigenvalue weighted by atomic mass is 9.85. The topological polar surface area (TPSA) is 41.9 Å². The minimum absolute atomic E-state index is 0.387. The van der Waals surface area contributed by atoms with Crippen LogP contribution < -0.4 is 0 Å². The van der Waals surface area contributed by atoms with E-state index in [1.165, 1.54) is 19.3 Å². The molecule has 0 aliphatic heterocycles. The Bertz CT molecular complexity index is 174. The molecular weight excluding hydrogens is 206 g/mol. The molecule has 0 radical (unpaired) electrons. The highest BCUT2D eigenvalue weighted by Crippen LogP contribution is 2.26. The van der Waals surface area contributed by atoms with E-state index in [0.717, 1.165) is 12.5 Å². The molecule has 0 bridgehead atoms. The van der Waals surface area contributed by atoms with Crippen LogP contribution in [0.15, 0.2) is 0 Å². The molecule has 4 nitrogen and oxygen atoms in total. The number of hydrogen-bond donors (Lipinski definition) is 1. The Morgan fingerprint density at radius 3 is 2.69 bits per heavy atom. The van der Waals surface area contributed by atoms with Gasteiger partial charge in [-0.25, -0.2) is 0 Å². The van der Waals surface area contributed by atoms with Crippen molar-refractivity contribution in [3.63, 3.8) is 0 Å². The number of nitrogens with zero attached hydrogens (tertiary/aromatic N) is 1. The van der Waals surface area contributed by atoms with Crippen LogP contribution in [-0.2, 0) is 9.47 Å². The summed E-state index contributed by atoms with van der Waals surface area (Å²) in [6.07, 6.45) is 3.69. The largest absolute Gasteiger partial charge is 0.389 e. The van der Waals surface area contributed by atoms with Crippen molar-refractivity contribution in [1.29, 1.82) is 0 Å². The van der Waals surface area contributed by atoms with Crippen molar-refractivity contribution >= 4 is 0 Å². The summed E-state index contributed by atoms with van der Waals surface area (Å²) in [4.78, 5) is 2.20. The van der Waals surface area contributed by atoms with Gasteiger partial charge in [-0.3, -0.25) is 0 Å². The summed E-state index contributed by atoms with van der Waals surface area (Å²) < 4.78 is 10.1. The van der Waals surface area contributed by atoms with Crippen LogP contribution in [0.4, 0.5) is 0 Å². The van der Waals surface area contributed by atoms with Gasteiger partial charge in [-0.05, 0) is 25.8 Å². The van der Waals surface area contributed by atoms with Crippen molar-refractivity contribution in [3.8, 4) is 0 Å². The minimum atomic E-state index is -0.387. The average Bonchev–Trinajstić information content (AvgIpc) is 2.18. The number of methoxy groups -OCH3 is 1. The summed E-state index contributed by atoms with van der Waals surface area (Å²) in [7, 11) is 3.71. The van der Waals surface area contributed by atoms with Gasteiger partial charge in [0, 0.05) is 20.2 Å². The first-order valence-electron chi connectivity index (χ1n) is 6.15. The van der Waals surface area contributed by atoms with Gasteiger partial charge in [0.1, 0.15) is 0 Å². The number of rotatable bonds is 9. The fourth-order valence-corrected chi connectivity index (χ4v) is 1.96. The van der Waals surface area contributed by atoms with Crippen LogP contribution in [0, 0.1) is 5.92 Å². The first-order chi connectivity index (χ1) is 7.72. The second kappa shape index (κ2) is 8.01. The molecule has 0 aromatic heterocycles. The number of ether oxygens (including phenoxy) is 2. The molecule has 1 fully saturated rings. The Morgan fingerprint density at radius 1 is 1.38 bits per heavy atom. The predicted molar refractivity (Wildman–Crippen MR) is 63.5 cm³/mol. The number of aliphatic hydroxyl groups is 1. The third-order valence-corrected chi connectivity index (χ3v) is 3.06. The molecule has 1 unspecified atom stereocenters. The molecule has 1 atom stereocenters. The van der Waals surface area contributed by atoms with Crippen molar-refractivity contribution in [3.05, 3.63) is 0 Å². The van der Waals surface area contributed by atoms with Gasteiger partial charge < -0.3 is 19.5 Å². The van der Waals surface area contributed by atoms with Gasteiger partial charge in [-0.1, -0.05) is 6.42 Å². The quantitative estimate of drug-likeness (QED) is 0.594. The van der Waals surface area contributed by atoms with Gasteiger partial charge in [0.15, 0.2) is 0 Å². The number of hydrogen-bond acceptors (Lipinski definition) is 4. The summed E-state index contributed by atoms with van der Waals surface area (Å²) in [5.74, 6) is 0.853. The highest BCUT2D eigenvalue weighted by molar-refractivity contribution is 4.73. The zero-order chi connectivity index (χ0) is 11.8. The summed E-state index contributed by atoms with van der Waals surface area (Å²) in [6, 6.07) is 0. The molecule has 1 N–H and O–H groups in total. The summed E-state index contributed by atoms with van der Waals surface area (Å²) in [5, 5.41) is 9.72. The molecule has 1 aliphatic carbocycles. The fourth-order valence-electron chi connectivity index (χ4n) is 1.96. The lowest BCUT2D eigenvalue weighted by Gasteiger charge is -2.31. The highest BCUT2D eigenvalue weighted by Gasteiger charge is 2.19. The zero-order valence-electron chi connectivity index (χ0n) is 10.5. The van der Waals surface area contributed by atoms with Gasteiger partial charge in [0.2, 0.25) is 0 Å². The van der Waals surface area contributed by atoms with Crippen molar-refractivity contribution in [1.82, 2.24) is 4.90 Å². The van der Waals surface area contributed by atoms with Gasteiger partial charge in [0.05, 0.1) is 25.9 Å². The standard InChI is InChI=1S/C12H25NO3/c1-13(8-11-4-3-5-11)9-12(14)10-16-7-6-15-2/h11-12,14H,3-10H2,1-2H3. The molecule has 0 aromatic carbocycles. The molecule has 0 heterocycles. The first kappa shape index (κ1) is 13.9. The SMILES string of the molecule is COCCOCC(O)CN(C)CC1CCC1. The third kappa shape index (κ3) is 5.80. The monoisotopic (exact) mass is 231 g/mol. The van der Waals surface area contributed by atoms with E-state index in [0.29, 0.717) is 26.4 Å². The maximum atomic E-state index is 9.72. The van der Waals surface area contributed by atoms with E-state index >= 15 is 0 Å². The van der Waals surface area contributed by atoms with Crippen LogP contribution in [0.2, 0.25) is 0 Å². The number of likely N-dealkylation sites (N-methyl/N-ethyl adjacent to an activating group) is 1. The van der Waals surface area contributed by atoms with Crippen LogP contribution in [0.5, 0.6) is 0 Å². The van der Waals surface area contributed by atoms with Crippen molar-refractivity contribution in [2.45, 2.75) is 25.4 Å². The Balaban J connectivity index is 1.96. The van der Waals surface area contributed by atoms with E-state index in [4.69, 9.17) is 9.47 Å². The zero-order valence-corrected chi connectivity index (χ0v) is 10.5. The second-order valence-corrected chi connectivity index (χ2v) is 4.74. The van der Waals surface area contributed by atoms with Crippen LogP contribution in [-0.4, -0.2) is 63.2 Å². The van der Waals surface area contributed by atoms with E-state index in [2.05, 4.69) is 11.9 Å². The van der Waals surface area contributed by atoms with E-state index in [1.54, 1.807) is 7.11 Å². The Kier molecular flexibility index (Phi) is 6.96. The van der Waals surface area contributed by atoms with Gasteiger partial charge in [-0.15, -0.1) is 0 Å². The van der Waals surface area contributed by atoms with Crippen LogP contribution >= 0.6 is 0 Å². The molecule has 16 heavy (non-hydrogen) atoms. The lowest BCUT2D eigenvalue weighted by Crippen LogP contribution is -2.37. The fraction of sp³-hybridized carbons (Fsp3) is 1.00. The van der Waals surface area contributed by atoms with Crippen LogP contribution in [0.25, 0.3) is 0 Å². The summed E-state index contributed by atoms with van der Waals surface area (Å²) in [5.41, 5.74) is 0. The Labute approximate surface area is 98.5 Å². The summed E-state index contributed by atoms with van der Waals surface area (Å²) >= 11 is 0. The smallest absolute Gasteiger partial charge is 0.0900 e. The molecule has 1 rings (SSSR count). The van der Waals surface area contributed by atoms with Gasteiger partial charge in [0.25, 0.3) is 0 Å². The van der Waals surface area contributed by atoms with Crippen molar-refractivity contribution in [2.75, 3.05) is 47.1 Å². The highest BCUT2D eigenvalue weighted by atomic mass is 16.5. The predicted octanol–water partition coefficient (Wildman–Crippen LogP) is 0.742. The Morgan fingerprint density at radius 2 is 2.12 bits per heavy atom. The normalized spacial score (nSPS) is 18.8. The van der Waals surface area contributed by atoms with Crippen molar-refractivity contribution < 1.29 is 14.6 Å². The molecule has 96 valence electrons. The summed E-state index contributed by atoms with van der Waals surface area (Å²) in [6.45, 7) is 3.35. The van der Waals surface area contributed by atoms with Gasteiger partial charge in [-0.2, -0.15) is 0 Å². The van der Waals surface area contributed by atoms with Crippen molar-refractivity contribution in [2.24, 2.45) is 5.92 Å². The molecule has 0 aromatic rings. The van der Waals surface area contributed by atoms with E-state index in [9.17, 15) is 5.11 Å². The molecule has 0 spiro atoms. The Hall–Kier alpha value is -0.160. The molecule has 0 amide bonds. The molecular formula is C12H25NO3. The average molecular weight is 231 g/mol. The third-order valence-electron chi connectivity index (χ3n) is 3.06. The van der Waals surface area contributed by atoms with Crippen LogP contribution in [0.3, 0.4) is 0 Å². The molecule has 1 aliphatic rings. The molecule has 1 saturated carbocycles.